The minimum atomic E-state index is 0.644. The second-order valence-electron chi connectivity index (χ2n) is 4.37. The Hall–Kier alpha value is -1.92. The molecule has 3 aromatic rings. The lowest BCUT2D eigenvalue weighted by molar-refractivity contribution is 0.415. The van der Waals surface area contributed by atoms with Crippen molar-refractivity contribution in [3.05, 3.63) is 54.1 Å². The van der Waals surface area contributed by atoms with Gasteiger partial charge in [0.05, 0.1) is 22.7 Å². The van der Waals surface area contributed by atoms with Crippen LogP contribution in [-0.2, 0) is 5.88 Å². The summed E-state index contributed by atoms with van der Waals surface area (Å²) in [7, 11) is 1.65. The largest absolute Gasteiger partial charge is 0.497 e. The van der Waals surface area contributed by atoms with Crippen molar-refractivity contribution in [3.8, 4) is 5.75 Å². The van der Waals surface area contributed by atoms with Gasteiger partial charge in [0.2, 0.25) is 0 Å². The zero-order chi connectivity index (χ0) is 14.7. The van der Waals surface area contributed by atoms with Crippen LogP contribution in [0.4, 0.5) is 0 Å². The summed E-state index contributed by atoms with van der Waals surface area (Å²) >= 11 is 7.02. The van der Waals surface area contributed by atoms with E-state index in [0.29, 0.717) is 5.88 Å². The summed E-state index contributed by atoms with van der Waals surface area (Å²) in [5.74, 6) is 1.47. The molecule has 6 heteroatoms. The van der Waals surface area contributed by atoms with Crippen molar-refractivity contribution >= 4 is 39.2 Å². The monoisotopic (exact) mass is 315 g/mol. The van der Waals surface area contributed by atoms with E-state index in [2.05, 4.69) is 10.3 Å². The highest BCUT2D eigenvalue weighted by molar-refractivity contribution is 8.23. The Morgan fingerprint density at radius 2 is 1.95 bits per heavy atom. The van der Waals surface area contributed by atoms with E-state index in [1.54, 1.807) is 18.9 Å². The minimum absolute atomic E-state index is 0.644. The summed E-state index contributed by atoms with van der Waals surface area (Å²) in [5.41, 5.74) is 2.93. The van der Waals surface area contributed by atoms with Gasteiger partial charge in [-0.15, -0.1) is 5.10 Å². The van der Waals surface area contributed by atoms with Gasteiger partial charge in [0.15, 0.2) is 0 Å². The van der Waals surface area contributed by atoms with Gasteiger partial charge in [-0.25, -0.2) is 4.68 Å². The molecule has 0 amide bonds. The molecule has 106 valence electrons. The van der Waals surface area contributed by atoms with E-state index in [1.165, 1.54) is 0 Å². The number of methoxy groups -OCH3 is 1. The summed E-state index contributed by atoms with van der Waals surface area (Å²) in [5, 5.41) is 8.29. The maximum atomic E-state index is 5.46. The topological polar surface area (TPSA) is 39.9 Å². The quantitative estimate of drug-likeness (QED) is 0.689. The van der Waals surface area contributed by atoms with Crippen molar-refractivity contribution < 1.29 is 4.74 Å². The van der Waals surface area contributed by atoms with Gasteiger partial charge in [-0.2, -0.15) is 0 Å². The third-order valence-electron chi connectivity index (χ3n) is 3.06. The first-order chi connectivity index (χ1) is 10.3. The Kier molecular flexibility index (Phi) is 4.17. The van der Waals surface area contributed by atoms with Gasteiger partial charge in [0, 0.05) is 0 Å². The van der Waals surface area contributed by atoms with Crippen molar-refractivity contribution in [2.45, 2.75) is 5.88 Å². The molecular weight excluding hydrogens is 302 g/mol. The number of benzene rings is 2. The molecule has 1 aromatic heterocycles. The summed E-state index contributed by atoms with van der Waals surface area (Å²) in [4.78, 5) is 0. The molecule has 0 N–H and O–H groups in total. The Labute approximate surface area is 132 Å². The summed E-state index contributed by atoms with van der Waals surface area (Å²) in [6, 6.07) is 15.6. The molecular formula is C15H13N3OS2. The molecule has 0 atom stereocenters. The van der Waals surface area contributed by atoms with Crippen LogP contribution >= 0.6 is 24.0 Å². The van der Waals surface area contributed by atoms with E-state index in [1.807, 2.05) is 53.2 Å². The van der Waals surface area contributed by atoms with E-state index in [-0.39, 0.29) is 0 Å². The van der Waals surface area contributed by atoms with Crippen LogP contribution in [-0.4, -0.2) is 26.3 Å². The van der Waals surface area contributed by atoms with Crippen molar-refractivity contribution in [3.63, 3.8) is 0 Å². The van der Waals surface area contributed by atoms with Crippen LogP contribution in [0.3, 0.4) is 0 Å². The number of thiocarbonyl (C=S) groups is 1. The van der Waals surface area contributed by atoms with E-state index in [9.17, 15) is 0 Å². The predicted molar refractivity (Wildman–Crippen MR) is 89.8 cm³/mol. The molecule has 0 aliphatic heterocycles. The molecule has 1 heterocycles. The van der Waals surface area contributed by atoms with Gasteiger partial charge in [-0.3, -0.25) is 0 Å². The molecule has 0 aliphatic carbocycles. The number of hydrogen-bond acceptors (Lipinski definition) is 5. The maximum absolute atomic E-state index is 5.46. The highest BCUT2D eigenvalue weighted by Crippen LogP contribution is 2.20. The number of aromatic nitrogens is 3. The molecule has 0 radical (unpaired) electrons. The van der Waals surface area contributed by atoms with E-state index in [0.717, 1.165) is 26.5 Å². The number of ether oxygens (including phenoxy) is 1. The van der Waals surface area contributed by atoms with Crippen LogP contribution in [0.1, 0.15) is 5.56 Å². The lowest BCUT2D eigenvalue weighted by Crippen LogP contribution is -2.01. The molecule has 2 aromatic carbocycles. The summed E-state index contributed by atoms with van der Waals surface area (Å²) in [6.07, 6.45) is 0. The average Bonchev–Trinajstić information content (AvgIpc) is 2.96. The van der Waals surface area contributed by atoms with Crippen molar-refractivity contribution in [1.82, 2.24) is 15.0 Å². The van der Waals surface area contributed by atoms with E-state index in [4.69, 9.17) is 17.0 Å². The lowest BCUT2D eigenvalue weighted by Gasteiger charge is -2.06. The Bertz CT molecular complexity index is 768. The first-order valence-corrected chi connectivity index (χ1v) is 7.77. The van der Waals surface area contributed by atoms with E-state index < -0.39 is 0 Å². The van der Waals surface area contributed by atoms with E-state index >= 15 is 0 Å². The van der Waals surface area contributed by atoms with Crippen LogP contribution in [0.5, 0.6) is 5.75 Å². The first kappa shape index (κ1) is 14.0. The maximum Gasteiger partial charge on any atom is 0.118 e. The number of thioether (sulfide) groups is 1. The van der Waals surface area contributed by atoms with Gasteiger partial charge in [0.25, 0.3) is 0 Å². The third-order valence-corrected chi connectivity index (χ3v) is 4.52. The minimum Gasteiger partial charge on any atom is -0.497 e. The van der Waals surface area contributed by atoms with Gasteiger partial charge in [-0.05, 0) is 42.0 Å². The molecule has 0 saturated carbocycles. The van der Waals surface area contributed by atoms with Gasteiger partial charge in [0.1, 0.15) is 11.3 Å². The molecule has 0 unspecified atom stereocenters. The number of para-hydroxylation sites is 1. The van der Waals surface area contributed by atoms with Crippen molar-refractivity contribution in [2.24, 2.45) is 0 Å². The fourth-order valence-corrected chi connectivity index (χ4v) is 2.97. The third kappa shape index (κ3) is 3.06. The molecule has 21 heavy (non-hydrogen) atoms. The number of rotatable bonds is 4. The Balaban J connectivity index is 1.70. The first-order valence-electron chi connectivity index (χ1n) is 6.37. The molecule has 0 bridgehead atoms. The Morgan fingerprint density at radius 1 is 1.19 bits per heavy atom. The van der Waals surface area contributed by atoms with Crippen LogP contribution < -0.4 is 4.74 Å². The highest BCUT2D eigenvalue weighted by atomic mass is 32.2. The standard InChI is InChI=1S/C15H13N3OS2/c1-19-12-8-6-11(7-9-12)15(20)21-10-18-14-5-3-2-4-13(14)16-17-18/h2-9H,10H2,1H3. The Morgan fingerprint density at radius 3 is 2.71 bits per heavy atom. The lowest BCUT2D eigenvalue weighted by atomic mass is 10.2. The SMILES string of the molecule is COc1ccc(C(=S)SCn2nnc3ccccc32)cc1. The fourth-order valence-electron chi connectivity index (χ4n) is 1.94. The number of fused-ring (bicyclic) bond motifs is 1. The van der Waals surface area contributed by atoms with Crippen molar-refractivity contribution in [2.75, 3.05) is 7.11 Å². The van der Waals surface area contributed by atoms with Crippen LogP contribution in [0.15, 0.2) is 48.5 Å². The van der Waals surface area contributed by atoms with Crippen LogP contribution in [0, 0.1) is 0 Å². The normalized spacial score (nSPS) is 10.7. The zero-order valence-corrected chi connectivity index (χ0v) is 13.0. The molecule has 0 spiro atoms. The summed E-state index contributed by atoms with van der Waals surface area (Å²) < 4.78 is 7.83. The smallest absolute Gasteiger partial charge is 0.118 e. The van der Waals surface area contributed by atoms with Crippen molar-refractivity contribution in [1.29, 1.82) is 0 Å². The van der Waals surface area contributed by atoms with Crippen LogP contribution in [0.25, 0.3) is 11.0 Å². The number of nitrogens with zero attached hydrogens (tertiary/aromatic N) is 3. The molecule has 0 aliphatic rings. The van der Waals surface area contributed by atoms with Gasteiger partial charge in [-0.1, -0.05) is 41.3 Å². The molecule has 0 saturated heterocycles. The predicted octanol–water partition coefficient (Wildman–Crippen LogP) is 3.51. The second kappa shape index (κ2) is 6.24. The average molecular weight is 315 g/mol. The molecule has 4 nitrogen and oxygen atoms in total. The zero-order valence-electron chi connectivity index (χ0n) is 11.4. The van der Waals surface area contributed by atoms with Crippen LogP contribution in [0.2, 0.25) is 0 Å². The highest BCUT2D eigenvalue weighted by Gasteiger charge is 2.06. The summed E-state index contributed by atoms with van der Waals surface area (Å²) in [6.45, 7) is 0. The van der Waals surface area contributed by atoms with Gasteiger partial charge < -0.3 is 4.74 Å². The molecule has 3 rings (SSSR count). The van der Waals surface area contributed by atoms with Gasteiger partial charge >= 0.3 is 0 Å². The molecule has 0 fully saturated rings. The fraction of sp³-hybridized carbons (Fsp3) is 0.133. The second-order valence-corrected chi connectivity index (χ2v) is 5.99. The number of hydrogen-bond donors (Lipinski definition) is 0.